The number of benzene rings is 1. The molecule has 0 aliphatic heterocycles. The molecule has 5 amide bonds. The first-order valence-corrected chi connectivity index (χ1v) is 13.3. The maximum Gasteiger partial charge on any atom is 0.263 e. The molecule has 0 saturated carbocycles. The number of anilines is 2. The summed E-state index contributed by atoms with van der Waals surface area (Å²) >= 11 is 1.09. The van der Waals surface area contributed by atoms with Crippen molar-refractivity contribution in [3.63, 3.8) is 0 Å². The summed E-state index contributed by atoms with van der Waals surface area (Å²) in [5.74, 6) is -0.526. The third kappa shape index (κ3) is 11.6. The number of amides is 5. The minimum atomic E-state index is -1.68. The predicted molar refractivity (Wildman–Crippen MR) is 144 cm³/mol. The Kier molecular flexibility index (Phi) is 12.6. The van der Waals surface area contributed by atoms with Crippen molar-refractivity contribution in [1.29, 1.82) is 0 Å². The van der Waals surface area contributed by atoms with Gasteiger partial charge in [0.05, 0.1) is 5.69 Å². The van der Waals surface area contributed by atoms with Crippen molar-refractivity contribution in [2.75, 3.05) is 31.3 Å². The van der Waals surface area contributed by atoms with Gasteiger partial charge >= 0.3 is 0 Å². The smallest absolute Gasteiger partial charge is 0.263 e. The fourth-order valence-electron chi connectivity index (χ4n) is 3.53. The lowest BCUT2D eigenvalue weighted by atomic mass is 10.1. The van der Waals surface area contributed by atoms with Crippen LogP contribution < -0.4 is 36.8 Å². The lowest BCUT2D eigenvalue weighted by Crippen LogP contribution is -2.58. The molecule has 218 valence electrons. The molecule has 1 heterocycles. The van der Waals surface area contributed by atoms with E-state index in [1.165, 1.54) is 6.92 Å². The maximum atomic E-state index is 12.9. The fraction of sp³-hybridized carbons (Fsp3) is 0.440. The fourth-order valence-corrected chi connectivity index (χ4v) is 4.50. The first-order chi connectivity index (χ1) is 18.9. The number of nitrogens with zero attached hydrogens (tertiary/aromatic N) is 2. The van der Waals surface area contributed by atoms with Crippen LogP contribution in [0.2, 0.25) is 0 Å². The highest BCUT2D eigenvalue weighted by Gasteiger charge is 2.19. The molecule has 5 N–H and O–H groups in total. The Morgan fingerprint density at radius 2 is 1.60 bits per heavy atom. The minimum Gasteiger partial charge on any atom is -0.530 e. The lowest BCUT2D eigenvalue weighted by Gasteiger charge is -2.24. The van der Waals surface area contributed by atoms with Crippen LogP contribution in [0.1, 0.15) is 53.5 Å². The van der Waals surface area contributed by atoms with E-state index in [0.29, 0.717) is 47.2 Å². The van der Waals surface area contributed by atoms with Gasteiger partial charge in [-0.2, -0.15) is 0 Å². The number of unbranched alkanes of at least 4 members (excludes halogenated alkanes) is 2. The molecule has 1 aromatic carbocycles. The zero-order valence-corrected chi connectivity index (χ0v) is 23.3. The van der Waals surface area contributed by atoms with E-state index in [1.807, 2.05) is 10.6 Å². The molecule has 0 aliphatic rings. The Hall–Kier alpha value is -4.40. The Morgan fingerprint density at radius 1 is 0.950 bits per heavy atom. The molecule has 40 heavy (non-hydrogen) atoms. The van der Waals surface area contributed by atoms with Crippen molar-refractivity contribution in [2.45, 2.75) is 51.7 Å². The molecule has 0 saturated heterocycles. The average Bonchev–Trinajstić information content (AvgIpc) is 3.26. The summed E-state index contributed by atoms with van der Waals surface area (Å²) < 4.78 is 0. The summed E-state index contributed by atoms with van der Waals surface area (Å²) in [5, 5.41) is 33.7. The van der Waals surface area contributed by atoms with E-state index in [9.17, 15) is 34.2 Å². The SMILES string of the molecule is CC(=O)Nc1nc(CCc2ccc(NC(NC(=O)[O-])NC(=O)[O-])cc2)c(C(=O)NCCCCCC(=O)N(C)C)s1. The number of hydrogen-bond donors (Lipinski definition) is 5. The summed E-state index contributed by atoms with van der Waals surface area (Å²) in [7, 11) is 3.43. The second-order valence-electron chi connectivity index (χ2n) is 8.97. The summed E-state index contributed by atoms with van der Waals surface area (Å²) in [4.78, 5) is 63.9. The molecule has 0 fully saturated rings. The number of hydrogen-bond acceptors (Lipinski definition) is 10. The van der Waals surface area contributed by atoms with Gasteiger partial charge in [0.15, 0.2) is 11.4 Å². The molecule has 1 aromatic heterocycles. The molecule has 0 unspecified atom stereocenters. The number of aryl methyl sites for hydroxylation is 2. The van der Waals surface area contributed by atoms with Gasteiger partial charge in [-0.25, -0.2) is 4.98 Å². The van der Waals surface area contributed by atoms with Crippen molar-refractivity contribution in [2.24, 2.45) is 0 Å². The third-order valence-electron chi connectivity index (χ3n) is 5.48. The van der Waals surface area contributed by atoms with Crippen molar-refractivity contribution >= 4 is 52.1 Å². The zero-order chi connectivity index (χ0) is 29.7. The Balaban J connectivity index is 1.97. The van der Waals surface area contributed by atoms with E-state index in [2.05, 4.69) is 20.9 Å². The molecular weight excluding hydrogens is 542 g/mol. The van der Waals surface area contributed by atoms with Gasteiger partial charge in [-0.15, -0.1) is 0 Å². The van der Waals surface area contributed by atoms with Crippen LogP contribution in [0.15, 0.2) is 24.3 Å². The summed E-state index contributed by atoms with van der Waals surface area (Å²) in [6.45, 7) is 1.80. The van der Waals surface area contributed by atoms with Gasteiger partial charge in [0.1, 0.15) is 17.1 Å². The minimum absolute atomic E-state index is 0.0689. The highest BCUT2D eigenvalue weighted by Crippen LogP contribution is 2.25. The molecule has 0 spiro atoms. The van der Waals surface area contributed by atoms with Crippen LogP contribution in [0.3, 0.4) is 0 Å². The van der Waals surface area contributed by atoms with E-state index >= 15 is 0 Å². The number of thiazole rings is 1. The highest BCUT2D eigenvalue weighted by atomic mass is 32.1. The van der Waals surface area contributed by atoms with Crippen molar-refractivity contribution < 1.29 is 34.2 Å². The number of nitrogens with one attached hydrogen (secondary N) is 5. The van der Waals surface area contributed by atoms with Crippen LogP contribution in [0.25, 0.3) is 0 Å². The Bertz CT molecular complexity index is 1170. The third-order valence-corrected chi connectivity index (χ3v) is 6.49. The largest absolute Gasteiger partial charge is 0.530 e. The first-order valence-electron chi connectivity index (χ1n) is 12.5. The molecule has 0 atom stereocenters. The lowest BCUT2D eigenvalue weighted by molar-refractivity contribution is -0.255. The molecule has 0 radical (unpaired) electrons. The van der Waals surface area contributed by atoms with Crippen molar-refractivity contribution in [3.8, 4) is 0 Å². The maximum absolute atomic E-state index is 12.9. The first kappa shape index (κ1) is 31.8. The molecule has 15 heteroatoms. The highest BCUT2D eigenvalue weighted by molar-refractivity contribution is 7.17. The second-order valence-corrected chi connectivity index (χ2v) is 9.97. The zero-order valence-electron chi connectivity index (χ0n) is 22.5. The van der Waals surface area contributed by atoms with Gasteiger partial charge in [-0.3, -0.25) is 14.4 Å². The Labute approximate surface area is 235 Å². The molecule has 0 aliphatic carbocycles. The predicted octanol–water partition coefficient (Wildman–Crippen LogP) is -0.174. The number of carboxylic acid groups (broad SMARTS) is 2. The van der Waals surface area contributed by atoms with Crippen LogP contribution in [0.5, 0.6) is 0 Å². The van der Waals surface area contributed by atoms with Gasteiger partial charge in [0, 0.05) is 39.7 Å². The van der Waals surface area contributed by atoms with Gasteiger partial charge < -0.3 is 51.3 Å². The van der Waals surface area contributed by atoms with E-state index in [4.69, 9.17) is 0 Å². The van der Waals surface area contributed by atoms with Gasteiger partial charge in [-0.1, -0.05) is 29.9 Å². The van der Waals surface area contributed by atoms with Gasteiger partial charge in [0.25, 0.3) is 5.91 Å². The molecule has 2 rings (SSSR count). The monoisotopic (exact) mass is 575 g/mol. The average molecular weight is 576 g/mol. The van der Waals surface area contributed by atoms with Crippen LogP contribution >= 0.6 is 11.3 Å². The quantitative estimate of drug-likeness (QED) is 0.141. The molecule has 14 nitrogen and oxygen atoms in total. The summed E-state index contributed by atoms with van der Waals surface area (Å²) in [6, 6.07) is 6.75. The standard InChI is InChI=1S/C25H35N7O7S/c1-15(33)27-23-29-18(20(40-23)21(35)26-14-6-4-5-7-19(34)32(2)3)13-10-16-8-11-17(12-9-16)28-22(30-24(36)37)31-25(38)39/h8-9,11-12,22,28,30-31H,4-7,10,13-14H2,1-3H3,(H,26,35)(H,36,37)(H,38,39)(H,27,29,33)/p-2. The summed E-state index contributed by atoms with van der Waals surface area (Å²) in [5.41, 5.74) is 1.82. The number of aromatic nitrogens is 1. The van der Waals surface area contributed by atoms with Gasteiger partial charge in [-0.05, 0) is 43.4 Å². The number of rotatable bonds is 15. The van der Waals surface area contributed by atoms with Crippen LogP contribution in [0.4, 0.5) is 20.4 Å². The van der Waals surface area contributed by atoms with Crippen LogP contribution in [0, 0.1) is 0 Å². The van der Waals surface area contributed by atoms with Crippen molar-refractivity contribution in [1.82, 2.24) is 25.8 Å². The van der Waals surface area contributed by atoms with E-state index in [-0.39, 0.29) is 17.7 Å². The second kappa shape index (κ2) is 15.9. The topological polar surface area (TPSA) is 208 Å². The van der Waals surface area contributed by atoms with Crippen LogP contribution in [-0.4, -0.2) is 66.7 Å². The molecule has 2 aromatic rings. The number of carbonyl (C=O) groups is 5. The van der Waals surface area contributed by atoms with Crippen molar-refractivity contribution in [3.05, 3.63) is 40.4 Å². The van der Waals surface area contributed by atoms with Gasteiger partial charge in [0.2, 0.25) is 11.8 Å². The molecule has 0 bridgehead atoms. The Morgan fingerprint density at radius 3 is 2.17 bits per heavy atom. The van der Waals surface area contributed by atoms with E-state index in [0.717, 1.165) is 36.2 Å². The summed E-state index contributed by atoms with van der Waals surface area (Å²) in [6.07, 6.45) is -1.11. The van der Waals surface area contributed by atoms with E-state index in [1.54, 1.807) is 43.3 Å². The molecular formula is C25H33N7O7S-2. The van der Waals surface area contributed by atoms with E-state index < -0.39 is 18.5 Å². The normalized spacial score (nSPS) is 10.5. The van der Waals surface area contributed by atoms with Crippen LogP contribution in [-0.2, 0) is 22.4 Å². The number of carbonyl (C=O) groups excluding carboxylic acids is 5.